The number of nitrogens with one attached hydrogen (secondary N) is 1. The van der Waals surface area contributed by atoms with Crippen molar-refractivity contribution in [2.75, 3.05) is 0 Å². The van der Waals surface area contributed by atoms with Gasteiger partial charge in [0.2, 0.25) is 7.31 Å². The van der Waals surface area contributed by atoms with E-state index in [1.54, 1.807) is 0 Å². The van der Waals surface area contributed by atoms with Crippen LogP contribution in [-0.2, 0) is 13.1 Å². The highest BCUT2D eigenvalue weighted by molar-refractivity contribution is 6.88. The molecule has 0 bridgehead atoms. The van der Waals surface area contributed by atoms with Crippen LogP contribution < -0.4 is 5.32 Å². The first kappa shape index (κ1) is 11.0. The number of hydrogen-bond acceptors (Lipinski definition) is 3. The Morgan fingerprint density at radius 3 is 2.75 bits per heavy atom. The summed E-state index contributed by atoms with van der Waals surface area (Å²) < 4.78 is 1.83. The predicted molar refractivity (Wildman–Crippen MR) is 68.1 cm³/mol. The summed E-state index contributed by atoms with van der Waals surface area (Å²) in [4.78, 5) is 0. The molecular weight excluding hydrogens is 198 g/mol. The lowest BCUT2D eigenvalue weighted by molar-refractivity contribution is 0.677. The second-order valence-corrected chi connectivity index (χ2v) is 3.65. The molecule has 1 aromatic carbocycles. The van der Waals surface area contributed by atoms with Gasteiger partial charge in [-0.1, -0.05) is 35.5 Å². The van der Waals surface area contributed by atoms with Crippen molar-refractivity contribution in [3.05, 3.63) is 47.8 Å². The second-order valence-electron chi connectivity index (χ2n) is 3.65. The molecule has 0 aliphatic carbocycles. The number of nitrogens with zero attached hydrogens (tertiary/aromatic N) is 3. The average Bonchev–Trinajstić information content (AvgIpc) is 2.78. The second kappa shape index (κ2) is 5.51. The number of rotatable bonds is 5. The molecule has 0 saturated heterocycles. The number of benzene rings is 1. The minimum absolute atomic E-state index is 0.759. The average molecular weight is 212 g/mol. The van der Waals surface area contributed by atoms with Crippen molar-refractivity contribution >= 4 is 15.0 Å². The molecular formula is C10H14B2N4. The zero-order valence-electron chi connectivity index (χ0n) is 9.43. The summed E-state index contributed by atoms with van der Waals surface area (Å²) in [6, 6.07) is 10.3. The van der Waals surface area contributed by atoms with Crippen molar-refractivity contribution in [1.82, 2.24) is 20.2 Å². The van der Waals surface area contributed by atoms with Crippen LogP contribution in [0.3, 0.4) is 0 Å². The molecule has 0 radical (unpaired) electrons. The molecule has 1 N–H and O–H groups in total. The normalized spacial score (nSPS) is 10.2. The Hall–Kier alpha value is -1.55. The van der Waals surface area contributed by atoms with Crippen LogP contribution in [0.1, 0.15) is 11.3 Å². The van der Waals surface area contributed by atoms with Crippen LogP contribution in [-0.4, -0.2) is 29.9 Å². The molecule has 4 nitrogen and oxygen atoms in total. The van der Waals surface area contributed by atoms with Gasteiger partial charge in [0.15, 0.2) is 0 Å². The Labute approximate surface area is 96.7 Å². The molecule has 0 fully saturated rings. The monoisotopic (exact) mass is 212 g/mol. The first-order valence-electron chi connectivity index (χ1n) is 5.52. The fourth-order valence-electron chi connectivity index (χ4n) is 1.50. The SMILES string of the molecule is BBn1cc(CNCc2ccccc2)nn1. The van der Waals surface area contributed by atoms with Gasteiger partial charge in [-0.2, -0.15) is 0 Å². The van der Waals surface area contributed by atoms with Gasteiger partial charge < -0.3 is 9.91 Å². The molecule has 0 unspecified atom stereocenters. The van der Waals surface area contributed by atoms with Gasteiger partial charge >= 0.3 is 0 Å². The Kier molecular flexibility index (Phi) is 3.77. The molecule has 0 spiro atoms. The van der Waals surface area contributed by atoms with E-state index in [0.717, 1.165) is 26.1 Å². The van der Waals surface area contributed by atoms with E-state index in [4.69, 9.17) is 0 Å². The van der Waals surface area contributed by atoms with Crippen molar-refractivity contribution in [2.45, 2.75) is 13.1 Å². The Bertz CT molecular complexity index is 429. The zero-order chi connectivity index (χ0) is 11.2. The van der Waals surface area contributed by atoms with Crippen LogP contribution in [0.25, 0.3) is 0 Å². The largest absolute Gasteiger partial charge is 0.312 e. The van der Waals surface area contributed by atoms with E-state index in [1.165, 1.54) is 5.56 Å². The Morgan fingerprint density at radius 1 is 1.25 bits per heavy atom. The molecule has 0 saturated carbocycles. The van der Waals surface area contributed by atoms with E-state index in [-0.39, 0.29) is 0 Å². The molecule has 80 valence electrons. The first-order chi connectivity index (χ1) is 7.88. The summed E-state index contributed by atoms with van der Waals surface area (Å²) in [6.45, 7) is 1.62. The standard InChI is InChI=1S/C10H14B2N4/c11-12-16-8-10(14-15-16)7-13-6-9-4-2-1-3-5-9/h1-5,8,12-13H,6-7,11H2. The van der Waals surface area contributed by atoms with Gasteiger partial charge in [0.1, 0.15) is 0 Å². The van der Waals surface area contributed by atoms with E-state index < -0.39 is 0 Å². The van der Waals surface area contributed by atoms with E-state index in [1.807, 2.05) is 29.0 Å². The fourth-order valence-corrected chi connectivity index (χ4v) is 1.50. The fraction of sp³-hybridized carbons (Fsp3) is 0.200. The van der Waals surface area contributed by atoms with Gasteiger partial charge in [-0.3, -0.25) is 0 Å². The van der Waals surface area contributed by atoms with Crippen LogP contribution in [0.4, 0.5) is 0 Å². The van der Waals surface area contributed by atoms with Crippen molar-refractivity contribution in [1.29, 1.82) is 0 Å². The van der Waals surface area contributed by atoms with Gasteiger partial charge in [-0.25, -0.2) is 0 Å². The molecule has 0 atom stereocenters. The Morgan fingerprint density at radius 2 is 2.06 bits per heavy atom. The summed E-state index contributed by atoms with van der Waals surface area (Å²) in [6.07, 6.45) is 1.97. The van der Waals surface area contributed by atoms with Gasteiger partial charge in [-0.15, -0.1) is 5.10 Å². The zero-order valence-corrected chi connectivity index (χ0v) is 9.43. The summed E-state index contributed by atoms with van der Waals surface area (Å²) in [5.74, 6) is 0. The molecule has 1 heterocycles. The van der Waals surface area contributed by atoms with Crippen LogP contribution in [0.5, 0.6) is 0 Å². The lowest BCUT2D eigenvalue weighted by atomic mass is 9.67. The van der Waals surface area contributed by atoms with Gasteiger partial charge in [0, 0.05) is 19.3 Å². The van der Waals surface area contributed by atoms with Crippen LogP contribution in [0.2, 0.25) is 0 Å². The lowest BCUT2D eigenvalue weighted by Crippen LogP contribution is -2.12. The molecule has 2 aromatic rings. The topological polar surface area (TPSA) is 42.7 Å². The van der Waals surface area contributed by atoms with Crippen molar-refractivity contribution in [2.24, 2.45) is 0 Å². The molecule has 6 heteroatoms. The molecule has 0 aliphatic rings. The minimum atomic E-state index is 0.759. The third-order valence-electron chi connectivity index (χ3n) is 2.39. The first-order valence-corrected chi connectivity index (χ1v) is 5.52. The van der Waals surface area contributed by atoms with E-state index in [2.05, 4.69) is 35.5 Å². The molecule has 2 rings (SSSR count). The quantitative estimate of drug-likeness (QED) is 0.667. The molecule has 1 aromatic heterocycles. The predicted octanol–water partition coefficient (Wildman–Crippen LogP) is -0.684. The smallest absolute Gasteiger partial charge is 0.225 e. The highest BCUT2D eigenvalue weighted by atomic mass is 15.4. The highest BCUT2D eigenvalue weighted by Crippen LogP contribution is 1.98. The van der Waals surface area contributed by atoms with Crippen molar-refractivity contribution in [3.63, 3.8) is 0 Å². The van der Waals surface area contributed by atoms with Gasteiger partial charge in [0.05, 0.1) is 13.4 Å². The molecule has 0 amide bonds. The summed E-state index contributed by atoms with van der Waals surface area (Å²) in [5.41, 5.74) is 2.27. The van der Waals surface area contributed by atoms with E-state index >= 15 is 0 Å². The maximum Gasteiger partial charge on any atom is 0.225 e. The summed E-state index contributed by atoms with van der Waals surface area (Å²) in [5, 5.41) is 11.4. The summed E-state index contributed by atoms with van der Waals surface area (Å²) in [7, 11) is 2.92. The van der Waals surface area contributed by atoms with Gasteiger partial charge in [0.25, 0.3) is 0 Å². The van der Waals surface area contributed by atoms with E-state index in [0.29, 0.717) is 0 Å². The minimum Gasteiger partial charge on any atom is -0.312 e. The Balaban J connectivity index is 1.80. The third-order valence-corrected chi connectivity index (χ3v) is 2.39. The maximum absolute atomic E-state index is 4.07. The van der Waals surface area contributed by atoms with Crippen LogP contribution >= 0.6 is 0 Å². The van der Waals surface area contributed by atoms with Crippen molar-refractivity contribution < 1.29 is 0 Å². The van der Waals surface area contributed by atoms with Crippen molar-refractivity contribution in [3.8, 4) is 0 Å². The van der Waals surface area contributed by atoms with Gasteiger partial charge in [-0.05, 0) is 5.56 Å². The molecule has 0 aliphatic heterocycles. The number of hydrogen-bond donors (Lipinski definition) is 1. The third kappa shape index (κ3) is 2.97. The van der Waals surface area contributed by atoms with E-state index in [9.17, 15) is 0 Å². The number of aromatic nitrogens is 3. The lowest BCUT2D eigenvalue weighted by Gasteiger charge is -2.01. The highest BCUT2D eigenvalue weighted by Gasteiger charge is 1.98. The molecule has 16 heavy (non-hydrogen) atoms. The van der Waals surface area contributed by atoms with Crippen LogP contribution in [0, 0.1) is 0 Å². The maximum atomic E-state index is 4.07. The van der Waals surface area contributed by atoms with Crippen LogP contribution in [0.15, 0.2) is 36.5 Å². The summed E-state index contributed by atoms with van der Waals surface area (Å²) >= 11 is 0.